The quantitative estimate of drug-likeness (QED) is 0.749. The van der Waals surface area contributed by atoms with Crippen LogP contribution in [0, 0.1) is 0 Å². The number of nitrogens with zero attached hydrogens (tertiary/aromatic N) is 2. The van der Waals surface area contributed by atoms with Gasteiger partial charge in [0, 0.05) is 12.2 Å². The van der Waals surface area contributed by atoms with Gasteiger partial charge < -0.3 is 15.0 Å². The minimum atomic E-state index is -0.240. The molecule has 0 saturated carbocycles. The van der Waals surface area contributed by atoms with Gasteiger partial charge in [0.2, 0.25) is 0 Å². The van der Waals surface area contributed by atoms with E-state index in [1.807, 2.05) is 24.3 Å². The Morgan fingerprint density at radius 2 is 1.89 bits per heavy atom. The highest BCUT2D eigenvalue weighted by molar-refractivity contribution is 6.05. The molecule has 1 aliphatic rings. The fourth-order valence-corrected chi connectivity index (χ4v) is 3.44. The highest BCUT2D eigenvalue weighted by atomic mass is 16.5. The molecule has 0 atom stereocenters. The summed E-state index contributed by atoms with van der Waals surface area (Å²) in [5.74, 6) is 0.813. The van der Waals surface area contributed by atoms with Gasteiger partial charge in [-0.1, -0.05) is 30.3 Å². The summed E-state index contributed by atoms with van der Waals surface area (Å²) in [5, 5.41) is 2.83. The van der Waals surface area contributed by atoms with Crippen LogP contribution in [-0.4, -0.2) is 24.5 Å². The van der Waals surface area contributed by atoms with E-state index < -0.39 is 0 Å². The molecule has 0 aliphatic carbocycles. The topological polar surface area (TPSA) is 54.5 Å². The van der Waals surface area contributed by atoms with Crippen molar-refractivity contribution in [1.29, 1.82) is 0 Å². The zero-order valence-electron chi connectivity index (χ0n) is 15.2. The molecule has 2 heterocycles. The zero-order valence-corrected chi connectivity index (χ0v) is 15.2. The maximum Gasteiger partial charge on any atom is 0.260 e. The Hall–Kier alpha value is -3.34. The lowest BCUT2D eigenvalue weighted by Crippen LogP contribution is -2.24. The average Bonchev–Trinajstić information content (AvgIpc) is 2.74. The SMILES string of the molecule is COc1ccccc1C(=O)Nc1ccc(N2CCCc3ccccc32)cn1. The Morgan fingerprint density at radius 1 is 1.07 bits per heavy atom. The smallest absolute Gasteiger partial charge is 0.260 e. The number of aryl methyl sites for hydroxylation is 1. The molecule has 0 unspecified atom stereocenters. The van der Waals surface area contributed by atoms with Crippen LogP contribution in [0.3, 0.4) is 0 Å². The lowest BCUT2D eigenvalue weighted by atomic mass is 10.0. The van der Waals surface area contributed by atoms with Crippen molar-refractivity contribution in [1.82, 2.24) is 4.98 Å². The molecule has 0 bridgehead atoms. The number of pyridine rings is 1. The Morgan fingerprint density at radius 3 is 2.70 bits per heavy atom. The number of carbonyl (C=O) groups excluding carboxylic acids is 1. The first kappa shape index (κ1) is 17.1. The summed E-state index contributed by atoms with van der Waals surface area (Å²) < 4.78 is 5.25. The number of amides is 1. The third-order valence-corrected chi connectivity index (χ3v) is 4.76. The molecule has 1 aliphatic heterocycles. The van der Waals surface area contributed by atoms with Gasteiger partial charge in [0.15, 0.2) is 0 Å². The number of fused-ring (bicyclic) bond motifs is 1. The van der Waals surface area contributed by atoms with Crippen molar-refractivity contribution in [3.8, 4) is 5.75 Å². The Kier molecular flexibility index (Phi) is 4.75. The molecule has 1 aromatic heterocycles. The maximum atomic E-state index is 12.5. The number of hydrogen-bond donors (Lipinski definition) is 1. The van der Waals surface area contributed by atoms with Crippen molar-refractivity contribution >= 4 is 23.1 Å². The normalized spacial score (nSPS) is 13.0. The van der Waals surface area contributed by atoms with E-state index in [4.69, 9.17) is 4.74 Å². The molecule has 3 aromatic rings. The lowest BCUT2D eigenvalue weighted by molar-refractivity contribution is 0.102. The summed E-state index contributed by atoms with van der Waals surface area (Å²) in [7, 11) is 1.55. The second-order valence-corrected chi connectivity index (χ2v) is 6.44. The van der Waals surface area contributed by atoms with Crippen LogP contribution in [-0.2, 0) is 6.42 Å². The molecule has 0 radical (unpaired) electrons. The highest BCUT2D eigenvalue weighted by Crippen LogP contribution is 2.33. The number of anilines is 3. The molecule has 1 amide bonds. The summed E-state index contributed by atoms with van der Waals surface area (Å²) >= 11 is 0. The number of nitrogens with one attached hydrogen (secondary N) is 1. The molecular formula is C22H21N3O2. The fourth-order valence-electron chi connectivity index (χ4n) is 3.44. The van der Waals surface area contributed by atoms with E-state index in [1.54, 1.807) is 25.4 Å². The number of para-hydroxylation sites is 2. The summed E-state index contributed by atoms with van der Waals surface area (Å²) in [6.45, 7) is 0.964. The van der Waals surface area contributed by atoms with Crippen molar-refractivity contribution in [2.24, 2.45) is 0 Å². The molecule has 4 rings (SSSR count). The number of rotatable bonds is 4. The number of hydrogen-bond acceptors (Lipinski definition) is 4. The number of ether oxygens (including phenoxy) is 1. The average molecular weight is 359 g/mol. The van der Waals surface area contributed by atoms with E-state index in [0.29, 0.717) is 17.1 Å². The molecule has 5 heteroatoms. The van der Waals surface area contributed by atoms with Crippen molar-refractivity contribution in [3.05, 3.63) is 78.0 Å². The van der Waals surface area contributed by atoms with Crippen LogP contribution >= 0.6 is 0 Å². The summed E-state index contributed by atoms with van der Waals surface area (Å²) in [4.78, 5) is 19.2. The van der Waals surface area contributed by atoms with Crippen LogP contribution < -0.4 is 15.0 Å². The van der Waals surface area contributed by atoms with E-state index in [9.17, 15) is 4.79 Å². The molecule has 0 spiro atoms. The van der Waals surface area contributed by atoms with Crippen LogP contribution in [0.25, 0.3) is 0 Å². The van der Waals surface area contributed by atoms with Gasteiger partial charge in [-0.3, -0.25) is 4.79 Å². The fraction of sp³-hybridized carbons (Fsp3) is 0.182. The second kappa shape index (κ2) is 7.50. The van der Waals surface area contributed by atoms with Gasteiger partial charge in [0.25, 0.3) is 5.91 Å². The van der Waals surface area contributed by atoms with E-state index in [1.165, 1.54) is 11.3 Å². The Labute approximate surface area is 158 Å². The molecule has 27 heavy (non-hydrogen) atoms. The molecule has 0 fully saturated rings. The number of carbonyl (C=O) groups is 1. The Bertz CT molecular complexity index is 954. The molecule has 0 saturated heterocycles. The standard InChI is InChI=1S/C22H21N3O2/c1-27-20-11-5-3-9-18(20)22(26)24-21-13-12-17(15-23-21)25-14-6-8-16-7-2-4-10-19(16)25/h2-5,7,9-13,15H,6,8,14H2,1H3,(H,23,24,26). The predicted octanol–water partition coefficient (Wildman–Crippen LogP) is 4.43. The minimum absolute atomic E-state index is 0.240. The van der Waals surface area contributed by atoms with Gasteiger partial charge in [0.05, 0.1) is 24.6 Å². The van der Waals surface area contributed by atoms with Crippen LogP contribution in [0.4, 0.5) is 17.2 Å². The van der Waals surface area contributed by atoms with Gasteiger partial charge in [-0.25, -0.2) is 4.98 Å². The van der Waals surface area contributed by atoms with Gasteiger partial charge in [-0.2, -0.15) is 0 Å². The monoisotopic (exact) mass is 359 g/mol. The largest absolute Gasteiger partial charge is 0.496 e. The van der Waals surface area contributed by atoms with Crippen molar-refractivity contribution in [2.45, 2.75) is 12.8 Å². The maximum absolute atomic E-state index is 12.5. The second-order valence-electron chi connectivity index (χ2n) is 6.44. The molecular weight excluding hydrogens is 338 g/mol. The predicted molar refractivity (Wildman–Crippen MR) is 107 cm³/mol. The summed E-state index contributed by atoms with van der Waals surface area (Å²) in [6, 6.07) is 19.4. The van der Waals surface area contributed by atoms with E-state index in [-0.39, 0.29) is 5.91 Å². The van der Waals surface area contributed by atoms with Crippen molar-refractivity contribution < 1.29 is 9.53 Å². The molecule has 1 N–H and O–H groups in total. The summed E-state index contributed by atoms with van der Waals surface area (Å²) in [6.07, 6.45) is 4.02. The van der Waals surface area contributed by atoms with Gasteiger partial charge in [0.1, 0.15) is 11.6 Å². The van der Waals surface area contributed by atoms with Crippen LogP contribution in [0.1, 0.15) is 22.3 Å². The number of benzene rings is 2. The molecule has 136 valence electrons. The first-order chi connectivity index (χ1) is 13.3. The third kappa shape index (κ3) is 3.49. The van der Waals surface area contributed by atoms with Crippen LogP contribution in [0.15, 0.2) is 66.9 Å². The first-order valence-corrected chi connectivity index (χ1v) is 9.02. The van der Waals surface area contributed by atoms with Crippen molar-refractivity contribution in [2.75, 3.05) is 23.9 Å². The Balaban J connectivity index is 1.53. The van der Waals surface area contributed by atoms with E-state index >= 15 is 0 Å². The number of aromatic nitrogens is 1. The highest BCUT2D eigenvalue weighted by Gasteiger charge is 2.18. The van der Waals surface area contributed by atoms with Gasteiger partial charge in [-0.05, 0) is 48.7 Å². The molecule has 2 aromatic carbocycles. The minimum Gasteiger partial charge on any atom is -0.496 e. The van der Waals surface area contributed by atoms with Crippen LogP contribution in [0.5, 0.6) is 5.75 Å². The number of methoxy groups -OCH3 is 1. The molecule has 5 nitrogen and oxygen atoms in total. The first-order valence-electron chi connectivity index (χ1n) is 9.02. The zero-order chi connectivity index (χ0) is 18.6. The van der Waals surface area contributed by atoms with Crippen LogP contribution in [0.2, 0.25) is 0 Å². The van der Waals surface area contributed by atoms with E-state index in [0.717, 1.165) is 25.1 Å². The summed E-state index contributed by atoms with van der Waals surface area (Å²) in [5.41, 5.74) is 4.10. The van der Waals surface area contributed by atoms with Crippen molar-refractivity contribution in [3.63, 3.8) is 0 Å². The van der Waals surface area contributed by atoms with Gasteiger partial charge >= 0.3 is 0 Å². The third-order valence-electron chi connectivity index (χ3n) is 4.76. The van der Waals surface area contributed by atoms with Gasteiger partial charge in [-0.15, -0.1) is 0 Å². The lowest BCUT2D eigenvalue weighted by Gasteiger charge is -2.31. The van der Waals surface area contributed by atoms with E-state index in [2.05, 4.69) is 39.5 Å².